The van der Waals surface area contributed by atoms with Crippen LogP contribution in [0.3, 0.4) is 0 Å². The van der Waals surface area contributed by atoms with Gasteiger partial charge >= 0.3 is 0 Å². The molecule has 6 heteroatoms. The number of carbonyl (C=O) groups is 2. The molecule has 5 nitrogen and oxygen atoms in total. The fraction of sp³-hybridized carbons (Fsp3) is 0.500. The zero-order chi connectivity index (χ0) is 10.5. The summed E-state index contributed by atoms with van der Waals surface area (Å²) in [5.41, 5.74) is 0.597. The van der Waals surface area contributed by atoms with Crippen molar-refractivity contribution in [3.8, 4) is 0 Å². The van der Waals surface area contributed by atoms with E-state index in [9.17, 15) is 14.7 Å². The van der Waals surface area contributed by atoms with Gasteiger partial charge in [-0.3, -0.25) is 9.69 Å². The highest BCUT2D eigenvalue weighted by Crippen LogP contribution is 2.34. The summed E-state index contributed by atoms with van der Waals surface area (Å²) in [5, 5.41) is 18.2. The van der Waals surface area contributed by atoms with Crippen LogP contribution in [0.25, 0.3) is 0 Å². The summed E-state index contributed by atoms with van der Waals surface area (Å²) in [6, 6.07) is -0.909. The van der Waals surface area contributed by atoms with Gasteiger partial charge in [-0.15, -0.1) is 5.14 Å². The highest BCUT2D eigenvalue weighted by Gasteiger charge is 2.54. The van der Waals surface area contributed by atoms with Crippen LogP contribution >= 0.6 is 0 Å². The molecule has 0 spiro atoms. The number of rotatable bonds is 1. The summed E-state index contributed by atoms with van der Waals surface area (Å²) in [5.74, 6) is -1.38. The van der Waals surface area contributed by atoms with Gasteiger partial charge in [0, 0.05) is 5.57 Å². The Bertz CT molecular complexity index is 341. The molecule has 2 rings (SSSR count). The van der Waals surface area contributed by atoms with Crippen LogP contribution in [-0.4, -0.2) is 28.2 Å². The molecule has 76 valence electrons. The molecule has 1 saturated heterocycles. The number of nitrogens with two attached hydrogens (primary N) is 1. The number of aliphatic carboxylic acids is 1. The van der Waals surface area contributed by atoms with Gasteiger partial charge in [0.1, 0.15) is 22.5 Å². The van der Waals surface area contributed by atoms with Gasteiger partial charge in [0.05, 0.1) is 12.4 Å². The topological polar surface area (TPSA) is 86.5 Å². The Kier molecular flexibility index (Phi) is 2.04. The Balaban J connectivity index is 2.35. The van der Waals surface area contributed by atoms with Crippen molar-refractivity contribution in [3.63, 3.8) is 0 Å². The maximum absolute atomic E-state index is 11.2. The Hall–Kier alpha value is -1.01. The normalized spacial score (nSPS) is 35.9. The number of nitrogens with zero attached hydrogens (tertiary/aromatic N) is 1. The molecule has 2 aliphatic rings. The first-order valence-corrected chi connectivity index (χ1v) is 5.60. The van der Waals surface area contributed by atoms with Gasteiger partial charge in [-0.1, -0.05) is 0 Å². The standard InChI is InChI=1S/C8H10N2O3S/c1-4-3-14(9)6-2-5(11)10(6)7(4)8(12)13/h3,6-7H,2,9H2,1H3/t6-,7-,14?/m1/s1. The molecule has 1 fully saturated rings. The van der Waals surface area contributed by atoms with E-state index in [-0.39, 0.29) is 11.3 Å². The second kappa shape index (κ2) is 2.99. The molecule has 2 N–H and O–H groups in total. The molecule has 2 heterocycles. The number of fused-ring (bicyclic) bond motifs is 1. The highest BCUT2D eigenvalue weighted by molar-refractivity contribution is 7.98. The summed E-state index contributed by atoms with van der Waals surface area (Å²) in [6.45, 7) is 1.66. The van der Waals surface area contributed by atoms with E-state index < -0.39 is 23.1 Å². The van der Waals surface area contributed by atoms with Crippen molar-refractivity contribution in [1.29, 1.82) is 0 Å². The molecule has 1 amide bonds. The van der Waals surface area contributed by atoms with E-state index in [0.717, 1.165) is 0 Å². The van der Waals surface area contributed by atoms with E-state index in [1.807, 2.05) is 0 Å². The van der Waals surface area contributed by atoms with Gasteiger partial charge in [-0.05, 0) is 6.92 Å². The van der Waals surface area contributed by atoms with Gasteiger partial charge in [-0.2, -0.15) is 0 Å². The Morgan fingerprint density at radius 3 is 2.93 bits per heavy atom. The van der Waals surface area contributed by atoms with Gasteiger partial charge in [0.2, 0.25) is 11.3 Å². The third-order valence-corrected chi connectivity index (χ3v) is 4.18. The lowest BCUT2D eigenvalue weighted by molar-refractivity contribution is -0.310. The Labute approximate surface area is 84.0 Å². The first-order valence-electron chi connectivity index (χ1n) is 4.19. The van der Waals surface area contributed by atoms with Crippen LogP contribution in [0.1, 0.15) is 13.3 Å². The van der Waals surface area contributed by atoms with Gasteiger partial charge < -0.3 is 9.90 Å². The van der Waals surface area contributed by atoms with E-state index in [1.165, 1.54) is 4.90 Å². The Morgan fingerprint density at radius 2 is 2.43 bits per heavy atom. The van der Waals surface area contributed by atoms with E-state index in [4.69, 9.17) is 5.14 Å². The van der Waals surface area contributed by atoms with Crippen molar-refractivity contribution in [2.75, 3.05) is 0 Å². The van der Waals surface area contributed by atoms with E-state index in [0.29, 0.717) is 12.0 Å². The largest absolute Gasteiger partial charge is 0.548 e. The predicted octanol–water partition coefficient (Wildman–Crippen LogP) is -1.93. The molecular weight excluding hydrogens is 204 g/mol. The van der Waals surface area contributed by atoms with Crippen LogP contribution in [-0.2, 0) is 20.7 Å². The lowest BCUT2D eigenvalue weighted by Crippen LogP contribution is -2.67. The van der Waals surface area contributed by atoms with Crippen molar-refractivity contribution in [2.24, 2.45) is 5.14 Å². The zero-order valence-electron chi connectivity index (χ0n) is 7.60. The van der Waals surface area contributed by atoms with Crippen molar-refractivity contribution in [3.05, 3.63) is 11.0 Å². The lowest BCUT2D eigenvalue weighted by atomic mass is 10.0. The number of β-lactam (4-membered cyclic amide) rings is 1. The number of hydrogen-bond acceptors (Lipinski definition) is 4. The Morgan fingerprint density at radius 1 is 1.79 bits per heavy atom. The summed E-state index contributed by atoms with van der Waals surface area (Å²) in [4.78, 5) is 23.4. The van der Waals surface area contributed by atoms with Crippen molar-refractivity contribution >= 4 is 23.0 Å². The molecule has 14 heavy (non-hydrogen) atoms. The monoisotopic (exact) mass is 214 g/mol. The summed E-state index contributed by atoms with van der Waals surface area (Å²) < 4.78 is 0. The van der Waals surface area contributed by atoms with E-state index in [2.05, 4.69) is 0 Å². The molecule has 0 aromatic heterocycles. The second-order valence-corrected chi connectivity index (χ2v) is 5.05. The first kappa shape index (κ1) is 9.54. The molecule has 0 radical (unpaired) electrons. The average Bonchev–Trinajstić information content (AvgIpc) is 2.07. The SMILES string of the molecule is CC1=C[S+](N)[C@@H]2CC(=O)N2[C@H]1C(=O)[O-]. The molecule has 3 atom stereocenters. The smallest absolute Gasteiger partial charge is 0.234 e. The number of carbonyl (C=O) groups excluding carboxylic acids is 2. The minimum atomic E-state index is -1.23. The average molecular weight is 214 g/mol. The number of carboxylic acids is 1. The van der Waals surface area contributed by atoms with Gasteiger partial charge in [0.15, 0.2) is 0 Å². The van der Waals surface area contributed by atoms with Crippen molar-refractivity contribution in [2.45, 2.75) is 24.8 Å². The minimum Gasteiger partial charge on any atom is -0.548 e. The number of amides is 1. The predicted molar refractivity (Wildman–Crippen MR) is 49.4 cm³/mol. The van der Waals surface area contributed by atoms with Crippen LogP contribution < -0.4 is 10.2 Å². The van der Waals surface area contributed by atoms with Crippen LogP contribution in [0, 0.1) is 0 Å². The van der Waals surface area contributed by atoms with Crippen LogP contribution in [0.5, 0.6) is 0 Å². The van der Waals surface area contributed by atoms with Crippen LogP contribution in [0.4, 0.5) is 0 Å². The third-order valence-electron chi connectivity index (χ3n) is 2.52. The fourth-order valence-electron chi connectivity index (χ4n) is 1.82. The summed E-state index contributed by atoms with van der Waals surface area (Å²) in [7, 11) is 0. The molecule has 0 aromatic carbocycles. The second-order valence-electron chi connectivity index (χ2n) is 3.45. The molecule has 0 saturated carbocycles. The van der Waals surface area contributed by atoms with E-state index in [1.54, 1.807) is 12.3 Å². The van der Waals surface area contributed by atoms with Gasteiger partial charge in [0.25, 0.3) is 0 Å². The molecule has 0 aliphatic carbocycles. The number of hydrogen-bond donors (Lipinski definition) is 1. The first-order chi connectivity index (χ1) is 6.52. The highest BCUT2D eigenvalue weighted by atomic mass is 32.2. The molecule has 1 unspecified atom stereocenters. The van der Waals surface area contributed by atoms with Crippen LogP contribution in [0.2, 0.25) is 0 Å². The van der Waals surface area contributed by atoms with Crippen LogP contribution in [0.15, 0.2) is 11.0 Å². The maximum Gasteiger partial charge on any atom is 0.234 e. The van der Waals surface area contributed by atoms with Crippen molar-refractivity contribution < 1.29 is 14.7 Å². The maximum atomic E-state index is 11.2. The van der Waals surface area contributed by atoms with Gasteiger partial charge in [-0.25, -0.2) is 0 Å². The molecule has 0 aromatic rings. The van der Waals surface area contributed by atoms with E-state index >= 15 is 0 Å². The molecular formula is C8H10N2O3S. The quantitative estimate of drug-likeness (QED) is 0.407. The fourth-order valence-corrected chi connectivity index (χ4v) is 3.37. The zero-order valence-corrected chi connectivity index (χ0v) is 8.41. The summed E-state index contributed by atoms with van der Waals surface area (Å²) >= 11 is -0.514. The molecule has 0 bridgehead atoms. The molecule has 2 aliphatic heterocycles. The number of carboxylic acid groups (broad SMARTS) is 1. The lowest BCUT2D eigenvalue weighted by Gasteiger charge is -2.45. The van der Waals surface area contributed by atoms with Crippen molar-refractivity contribution in [1.82, 2.24) is 4.90 Å². The third kappa shape index (κ3) is 1.14. The summed E-state index contributed by atoms with van der Waals surface area (Å²) in [6.07, 6.45) is 0.354. The minimum absolute atomic E-state index is 0.130.